The van der Waals surface area contributed by atoms with Crippen LogP contribution in [0.4, 0.5) is 11.4 Å². The first-order valence-electron chi connectivity index (χ1n) is 5.87. The number of anilines is 2. The average molecular weight is 265 g/mol. The van der Waals surface area contributed by atoms with Crippen LogP contribution in [0.2, 0.25) is 0 Å². The van der Waals surface area contributed by atoms with Crippen molar-refractivity contribution in [1.82, 2.24) is 5.32 Å². The van der Waals surface area contributed by atoms with Crippen molar-refractivity contribution in [3.8, 4) is 0 Å². The highest BCUT2D eigenvalue weighted by Gasteiger charge is 2.15. The Morgan fingerprint density at radius 1 is 1.32 bits per heavy atom. The molecule has 6 heteroatoms. The predicted molar refractivity (Wildman–Crippen MR) is 74.2 cm³/mol. The number of nitrogen functional groups attached to an aromatic ring is 1. The SMILES string of the molecule is CC(C)(C)NC(=O)CNc1cccc(C(=O)O)c1N. The number of carbonyl (C=O) groups excluding carboxylic acids is 1. The predicted octanol–water partition coefficient (Wildman–Crippen LogP) is 1.29. The lowest BCUT2D eigenvalue weighted by Gasteiger charge is -2.21. The standard InChI is InChI=1S/C13H19N3O3/c1-13(2,3)16-10(17)7-15-9-6-4-5-8(11(9)14)12(18)19/h4-6,15H,7,14H2,1-3H3,(H,16,17)(H,18,19). The second-order valence-electron chi connectivity index (χ2n) is 5.22. The maximum Gasteiger partial charge on any atom is 0.337 e. The van der Waals surface area contributed by atoms with E-state index < -0.39 is 5.97 Å². The molecule has 1 aromatic rings. The van der Waals surface area contributed by atoms with Crippen LogP contribution < -0.4 is 16.4 Å². The van der Waals surface area contributed by atoms with E-state index in [2.05, 4.69) is 10.6 Å². The number of carbonyl (C=O) groups is 2. The zero-order valence-electron chi connectivity index (χ0n) is 11.3. The lowest BCUT2D eigenvalue weighted by molar-refractivity contribution is -0.120. The fraction of sp³-hybridized carbons (Fsp3) is 0.385. The highest BCUT2D eigenvalue weighted by molar-refractivity contribution is 5.97. The maximum absolute atomic E-state index is 11.6. The molecule has 0 spiro atoms. The van der Waals surface area contributed by atoms with Gasteiger partial charge in [0.2, 0.25) is 5.91 Å². The number of rotatable bonds is 4. The first-order valence-corrected chi connectivity index (χ1v) is 5.87. The van der Waals surface area contributed by atoms with Crippen LogP contribution in [-0.4, -0.2) is 29.1 Å². The number of carboxylic acids is 1. The number of aromatic carboxylic acids is 1. The Labute approximate surface area is 112 Å². The minimum Gasteiger partial charge on any atom is -0.478 e. The van der Waals surface area contributed by atoms with Crippen LogP contribution in [0.1, 0.15) is 31.1 Å². The average Bonchev–Trinajstić information content (AvgIpc) is 2.24. The van der Waals surface area contributed by atoms with Gasteiger partial charge in [-0.3, -0.25) is 4.79 Å². The van der Waals surface area contributed by atoms with E-state index in [9.17, 15) is 9.59 Å². The molecule has 0 aliphatic heterocycles. The number of para-hydroxylation sites is 1. The largest absolute Gasteiger partial charge is 0.478 e. The molecule has 1 amide bonds. The second-order valence-corrected chi connectivity index (χ2v) is 5.22. The van der Waals surface area contributed by atoms with Crippen molar-refractivity contribution < 1.29 is 14.7 Å². The zero-order valence-corrected chi connectivity index (χ0v) is 11.3. The summed E-state index contributed by atoms with van der Waals surface area (Å²) in [7, 11) is 0. The number of amides is 1. The molecule has 5 N–H and O–H groups in total. The smallest absolute Gasteiger partial charge is 0.337 e. The molecular weight excluding hydrogens is 246 g/mol. The summed E-state index contributed by atoms with van der Waals surface area (Å²) in [6.45, 7) is 5.67. The minimum absolute atomic E-state index is 0.0150. The van der Waals surface area contributed by atoms with Gasteiger partial charge in [0, 0.05) is 5.54 Å². The molecule has 0 bridgehead atoms. The summed E-state index contributed by atoms with van der Waals surface area (Å²) in [5.74, 6) is -1.28. The van der Waals surface area contributed by atoms with Gasteiger partial charge in [0.1, 0.15) is 0 Å². The van der Waals surface area contributed by atoms with Crippen LogP contribution in [0.25, 0.3) is 0 Å². The van der Waals surface area contributed by atoms with Crippen LogP contribution in [0.3, 0.4) is 0 Å². The highest BCUT2D eigenvalue weighted by atomic mass is 16.4. The van der Waals surface area contributed by atoms with E-state index in [4.69, 9.17) is 10.8 Å². The number of benzene rings is 1. The minimum atomic E-state index is -1.10. The fourth-order valence-electron chi connectivity index (χ4n) is 1.54. The third kappa shape index (κ3) is 4.50. The topological polar surface area (TPSA) is 104 Å². The molecule has 1 rings (SSSR count). The molecule has 0 atom stereocenters. The van der Waals surface area contributed by atoms with Gasteiger partial charge < -0.3 is 21.5 Å². The van der Waals surface area contributed by atoms with E-state index in [0.717, 1.165) is 0 Å². The Kier molecular flexibility index (Phi) is 4.37. The van der Waals surface area contributed by atoms with E-state index in [1.165, 1.54) is 6.07 Å². The molecule has 1 aromatic carbocycles. The summed E-state index contributed by atoms with van der Waals surface area (Å²) in [4.78, 5) is 22.5. The first-order chi connectivity index (χ1) is 8.70. The molecule has 104 valence electrons. The second kappa shape index (κ2) is 5.60. The summed E-state index contributed by atoms with van der Waals surface area (Å²) >= 11 is 0. The number of nitrogens with two attached hydrogens (primary N) is 1. The molecule has 0 aliphatic carbocycles. The van der Waals surface area contributed by atoms with E-state index in [-0.39, 0.29) is 29.2 Å². The van der Waals surface area contributed by atoms with E-state index in [1.807, 2.05) is 20.8 Å². The molecular formula is C13H19N3O3. The van der Waals surface area contributed by atoms with Gasteiger partial charge in [-0.25, -0.2) is 4.79 Å². The zero-order chi connectivity index (χ0) is 14.6. The van der Waals surface area contributed by atoms with Crippen molar-refractivity contribution in [2.75, 3.05) is 17.6 Å². The van der Waals surface area contributed by atoms with Gasteiger partial charge in [0.15, 0.2) is 0 Å². The van der Waals surface area contributed by atoms with E-state index >= 15 is 0 Å². The third-order valence-corrected chi connectivity index (χ3v) is 2.29. The van der Waals surface area contributed by atoms with Crippen molar-refractivity contribution in [1.29, 1.82) is 0 Å². The Hall–Kier alpha value is -2.24. The number of hydrogen-bond donors (Lipinski definition) is 4. The molecule has 0 saturated carbocycles. The normalized spacial score (nSPS) is 10.9. The van der Waals surface area contributed by atoms with Gasteiger partial charge in [-0.05, 0) is 32.9 Å². The van der Waals surface area contributed by atoms with E-state index in [0.29, 0.717) is 5.69 Å². The Morgan fingerprint density at radius 3 is 2.47 bits per heavy atom. The van der Waals surface area contributed by atoms with Crippen molar-refractivity contribution >= 4 is 23.3 Å². The molecule has 0 radical (unpaired) electrons. The van der Waals surface area contributed by atoms with Gasteiger partial charge in [-0.1, -0.05) is 6.07 Å². The fourth-order valence-corrected chi connectivity index (χ4v) is 1.54. The summed E-state index contributed by atoms with van der Waals surface area (Å²) in [6.07, 6.45) is 0. The van der Waals surface area contributed by atoms with Crippen molar-refractivity contribution in [2.24, 2.45) is 0 Å². The van der Waals surface area contributed by atoms with Crippen molar-refractivity contribution in [3.63, 3.8) is 0 Å². The maximum atomic E-state index is 11.6. The Bertz CT molecular complexity index is 492. The lowest BCUT2D eigenvalue weighted by atomic mass is 10.1. The number of carboxylic acid groups (broad SMARTS) is 1. The van der Waals surface area contributed by atoms with Crippen molar-refractivity contribution in [2.45, 2.75) is 26.3 Å². The monoisotopic (exact) mass is 265 g/mol. The Balaban J connectivity index is 2.71. The van der Waals surface area contributed by atoms with Gasteiger partial charge in [-0.15, -0.1) is 0 Å². The van der Waals surface area contributed by atoms with Crippen LogP contribution in [0, 0.1) is 0 Å². The van der Waals surface area contributed by atoms with Crippen LogP contribution in [0.15, 0.2) is 18.2 Å². The van der Waals surface area contributed by atoms with E-state index in [1.54, 1.807) is 12.1 Å². The molecule has 0 saturated heterocycles. The molecule has 6 nitrogen and oxygen atoms in total. The third-order valence-electron chi connectivity index (χ3n) is 2.29. The summed E-state index contributed by atoms with van der Waals surface area (Å²) in [5.41, 5.74) is 5.98. The van der Waals surface area contributed by atoms with Crippen molar-refractivity contribution in [3.05, 3.63) is 23.8 Å². The van der Waals surface area contributed by atoms with Gasteiger partial charge in [0.25, 0.3) is 0 Å². The number of hydrogen-bond acceptors (Lipinski definition) is 4. The van der Waals surface area contributed by atoms with Crippen LogP contribution >= 0.6 is 0 Å². The van der Waals surface area contributed by atoms with Gasteiger partial charge in [-0.2, -0.15) is 0 Å². The summed E-state index contributed by atoms with van der Waals surface area (Å²) in [5, 5.41) is 14.6. The molecule has 0 heterocycles. The quantitative estimate of drug-likeness (QED) is 0.614. The lowest BCUT2D eigenvalue weighted by Crippen LogP contribution is -2.43. The molecule has 19 heavy (non-hydrogen) atoms. The van der Waals surface area contributed by atoms with Crippen LogP contribution in [0.5, 0.6) is 0 Å². The summed E-state index contributed by atoms with van der Waals surface area (Å²) in [6, 6.07) is 4.62. The molecule has 0 unspecified atom stereocenters. The highest BCUT2D eigenvalue weighted by Crippen LogP contribution is 2.22. The number of nitrogens with one attached hydrogen (secondary N) is 2. The van der Waals surface area contributed by atoms with Crippen LogP contribution in [-0.2, 0) is 4.79 Å². The molecule has 0 fully saturated rings. The molecule has 0 aromatic heterocycles. The molecule has 0 aliphatic rings. The van der Waals surface area contributed by atoms with Gasteiger partial charge in [0.05, 0.1) is 23.5 Å². The Morgan fingerprint density at radius 2 is 1.95 bits per heavy atom. The van der Waals surface area contributed by atoms with Gasteiger partial charge >= 0.3 is 5.97 Å². The summed E-state index contributed by atoms with van der Waals surface area (Å²) < 4.78 is 0. The first kappa shape index (κ1) is 14.8.